The Bertz CT molecular complexity index is 1270. The Morgan fingerprint density at radius 3 is 2.70 bits per heavy atom. The van der Waals surface area contributed by atoms with Crippen molar-refractivity contribution in [3.05, 3.63) is 48.2 Å². The third-order valence-electron chi connectivity index (χ3n) is 6.95. The second-order valence-electron chi connectivity index (χ2n) is 10.3. The fourth-order valence-electron chi connectivity index (χ4n) is 4.63. The molecule has 1 aromatic carbocycles. The van der Waals surface area contributed by atoms with Crippen molar-refractivity contribution in [3.8, 4) is 22.6 Å². The minimum atomic E-state index is -0.838. The molecular formula is C28H35FN6O5. The van der Waals surface area contributed by atoms with Gasteiger partial charge < -0.3 is 34.6 Å². The number of imidazole rings is 1. The first-order valence-electron chi connectivity index (χ1n) is 13.5. The molecule has 5 rings (SSSR count). The van der Waals surface area contributed by atoms with Gasteiger partial charge in [-0.05, 0) is 56.5 Å². The minimum Gasteiger partial charge on any atom is -0.385 e. The van der Waals surface area contributed by atoms with E-state index in [1.165, 1.54) is 12.1 Å². The molecule has 2 fully saturated rings. The van der Waals surface area contributed by atoms with E-state index >= 15 is 0 Å². The van der Waals surface area contributed by atoms with Crippen LogP contribution in [0.25, 0.3) is 22.6 Å². The normalized spacial score (nSPS) is 22.8. The van der Waals surface area contributed by atoms with Gasteiger partial charge in [0, 0.05) is 45.2 Å². The fraction of sp³-hybridized carbons (Fsp3) is 0.500. The van der Waals surface area contributed by atoms with Gasteiger partial charge in [-0.1, -0.05) is 0 Å². The molecule has 3 aromatic rings. The number of halogens is 1. The Hall–Kier alpha value is -3.45. The summed E-state index contributed by atoms with van der Waals surface area (Å²) in [6.45, 7) is 4.58. The van der Waals surface area contributed by atoms with Crippen molar-refractivity contribution in [3.63, 3.8) is 0 Å². The number of aromatic amines is 1. The van der Waals surface area contributed by atoms with E-state index < -0.39 is 11.7 Å². The van der Waals surface area contributed by atoms with Crippen LogP contribution in [-0.4, -0.2) is 78.6 Å². The molecule has 0 spiro atoms. The molecule has 1 atom stereocenters. The molecule has 1 unspecified atom stereocenters. The van der Waals surface area contributed by atoms with Gasteiger partial charge >= 0.3 is 0 Å². The summed E-state index contributed by atoms with van der Waals surface area (Å²) >= 11 is 0. The van der Waals surface area contributed by atoms with Gasteiger partial charge in [0.05, 0.1) is 41.8 Å². The number of ether oxygens (including phenoxy) is 4. The summed E-state index contributed by atoms with van der Waals surface area (Å²) in [5, 5.41) is 6.16. The highest BCUT2D eigenvalue weighted by molar-refractivity contribution is 5.82. The van der Waals surface area contributed by atoms with Crippen molar-refractivity contribution >= 4 is 11.9 Å². The number of hydrogen-bond donors (Lipinski definition) is 3. The first kappa shape index (κ1) is 28.1. The molecule has 0 saturated carbocycles. The molecule has 3 N–H and O–H groups in total. The highest BCUT2D eigenvalue weighted by atomic mass is 19.1. The summed E-state index contributed by atoms with van der Waals surface area (Å²) < 4.78 is 36.4. The van der Waals surface area contributed by atoms with Gasteiger partial charge in [0.2, 0.25) is 18.1 Å². The number of anilines is 1. The maximum absolute atomic E-state index is 13.7. The predicted octanol–water partition coefficient (Wildman–Crippen LogP) is 3.47. The minimum absolute atomic E-state index is 0.138. The van der Waals surface area contributed by atoms with Gasteiger partial charge in [-0.3, -0.25) is 4.79 Å². The average Bonchev–Trinajstić information content (AvgIpc) is 3.66. The zero-order chi connectivity index (χ0) is 28.0. The van der Waals surface area contributed by atoms with Crippen molar-refractivity contribution in [2.75, 3.05) is 51.9 Å². The van der Waals surface area contributed by atoms with Gasteiger partial charge in [-0.25, -0.2) is 19.3 Å². The van der Waals surface area contributed by atoms with Gasteiger partial charge in [0.25, 0.3) is 0 Å². The highest BCUT2D eigenvalue weighted by Crippen LogP contribution is 2.35. The maximum Gasteiger partial charge on any atom is 0.230 e. The highest BCUT2D eigenvalue weighted by Gasteiger charge is 2.40. The van der Waals surface area contributed by atoms with Crippen LogP contribution in [0.4, 0.5) is 10.3 Å². The third-order valence-corrected chi connectivity index (χ3v) is 6.95. The monoisotopic (exact) mass is 554 g/mol. The van der Waals surface area contributed by atoms with Crippen LogP contribution < -0.4 is 10.6 Å². The number of carbonyl (C=O) groups is 1. The summed E-state index contributed by atoms with van der Waals surface area (Å²) in [5.74, 6) is 0.400. The van der Waals surface area contributed by atoms with Crippen LogP contribution >= 0.6 is 0 Å². The summed E-state index contributed by atoms with van der Waals surface area (Å²) in [4.78, 5) is 29.9. The Balaban J connectivity index is 1.34. The zero-order valence-electron chi connectivity index (χ0n) is 22.7. The smallest absolute Gasteiger partial charge is 0.230 e. The van der Waals surface area contributed by atoms with Gasteiger partial charge in [0.1, 0.15) is 5.82 Å². The van der Waals surface area contributed by atoms with Gasteiger partial charge in [0.15, 0.2) is 5.82 Å². The van der Waals surface area contributed by atoms with E-state index in [1.54, 1.807) is 38.4 Å². The predicted molar refractivity (Wildman–Crippen MR) is 145 cm³/mol. The molecule has 2 aliphatic heterocycles. The lowest BCUT2D eigenvalue weighted by atomic mass is 9.91. The van der Waals surface area contributed by atoms with Gasteiger partial charge in [-0.15, -0.1) is 0 Å². The number of rotatable bonds is 11. The van der Waals surface area contributed by atoms with E-state index in [0.29, 0.717) is 54.1 Å². The number of benzene rings is 1. The number of carbonyl (C=O) groups excluding carboxylic acids is 1. The van der Waals surface area contributed by atoms with Gasteiger partial charge in [-0.2, -0.15) is 0 Å². The summed E-state index contributed by atoms with van der Waals surface area (Å²) in [6.07, 6.45) is 3.76. The molecule has 4 heterocycles. The van der Waals surface area contributed by atoms with E-state index in [4.69, 9.17) is 23.9 Å². The molecule has 2 aliphatic rings. The fourth-order valence-corrected chi connectivity index (χ4v) is 4.63. The zero-order valence-corrected chi connectivity index (χ0v) is 22.7. The standard InChI is InChI=1S/C28H35FN6O5/c1-28(26(36)30-11-4-13-37-2)16-39-25(40-17-28)24-34-22(18-6-8-19(29)9-7-18)23(35-24)21-10-12-31-27(33-21)32-15-20-5-3-14-38-20/h6-10,12,20,25H,3-5,11,13-17H2,1-2H3,(H,30,36)(H,34,35)(H,31,32,33). The Kier molecular flexibility index (Phi) is 9.00. The van der Waals surface area contributed by atoms with Crippen LogP contribution in [0.2, 0.25) is 0 Å². The molecule has 40 heavy (non-hydrogen) atoms. The number of nitrogens with one attached hydrogen (secondary N) is 3. The molecule has 2 aromatic heterocycles. The molecule has 0 aliphatic carbocycles. The number of H-pyrrole nitrogens is 1. The second kappa shape index (κ2) is 12.8. The van der Waals surface area contributed by atoms with Crippen molar-refractivity contribution in [1.29, 1.82) is 0 Å². The number of methoxy groups -OCH3 is 1. The lowest BCUT2D eigenvalue weighted by Crippen LogP contribution is -2.48. The summed E-state index contributed by atoms with van der Waals surface area (Å²) in [5.41, 5.74) is 1.63. The summed E-state index contributed by atoms with van der Waals surface area (Å²) in [7, 11) is 1.63. The van der Waals surface area contributed by atoms with E-state index in [2.05, 4.69) is 25.6 Å². The van der Waals surface area contributed by atoms with Crippen molar-refractivity contribution < 1.29 is 28.1 Å². The first-order valence-corrected chi connectivity index (χ1v) is 13.5. The first-order chi connectivity index (χ1) is 19.4. The van der Waals surface area contributed by atoms with Crippen LogP contribution in [-0.2, 0) is 23.7 Å². The molecule has 1 amide bonds. The molecule has 0 bridgehead atoms. The van der Waals surface area contributed by atoms with Crippen molar-refractivity contribution in [2.24, 2.45) is 5.41 Å². The second-order valence-corrected chi connectivity index (χ2v) is 10.3. The maximum atomic E-state index is 13.7. The van der Waals surface area contributed by atoms with Crippen LogP contribution in [0.5, 0.6) is 0 Å². The van der Waals surface area contributed by atoms with Crippen molar-refractivity contribution in [1.82, 2.24) is 25.3 Å². The Labute approximate surface area is 232 Å². The molecule has 12 heteroatoms. The Morgan fingerprint density at radius 2 is 1.98 bits per heavy atom. The van der Waals surface area contributed by atoms with Crippen LogP contribution in [0.3, 0.4) is 0 Å². The van der Waals surface area contributed by atoms with Crippen LogP contribution in [0.1, 0.15) is 38.3 Å². The number of amides is 1. The molecule has 11 nitrogen and oxygen atoms in total. The lowest BCUT2D eigenvalue weighted by Gasteiger charge is -2.35. The molecule has 2 saturated heterocycles. The van der Waals surface area contributed by atoms with E-state index in [1.807, 2.05) is 0 Å². The molecular weight excluding hydrogens is 519 g/mol. The van der Waals surface area contributed by atoms with E-state index in [9.17, 15) is 9.18 Å². The SMILES string of the molecule is COCCCNC(=O)C1(C)COC(c2nc(-c3ccc(F)cc3)c(-c3ccnc(NCC4CCCO4)n3)[nH]2)OC1. The third kappa shape index (κ3) is 6.64. The van der Waals surface area contributed by atoms with Crippen molar-refractivity contribution in [2.45, 2.75) is 38.6 Å². The van der Waals surface area contributed by atoms with Crippen LogP contribution in [0.15, 0.2) is 36.5 Å². The number of nitrogens with zero attached hydrogens (tertiary/aromatic N) is 3. The molecule has 214 valence electrons. The van der Waals surface area contributed by atoms with Crippen LogP contribution in [0, 0.1) is 11.2 Å². The average molecular weight is 555 g/mol. The van der Waals surface area contributed by atoms with E-state index in [-0.39, 0.29) is 31.0 Å². The Morgan fingerprint density at radius 1 is 1.18 bits per heavy atom. The number of aromatic nitrogens is 4. The largest absolute Gasteiger partial charge is 0.385 e. The number of hydrogen-bond acceptors (Lipinski definition) is 9. The summed E-state index contributed by atoms with van der Waals surface area (Å²) in [6, 6.07) is 7.85. The topological polar surface area (TPSA) is 133 Å². The van der Waals surface area contributed by atoms with E-state index in [0.717, 1.165) is 25.9 Å². The molecule has 0 radical (unpaired) electrons. The lowest BCUT2D eigenvalue weighted by molar-refractivity contribution is -0.231. The quantitative estimate of drug-likeness (QED) is 0.305.